The van der Waals surface area contributed by atoms with Gasteiger partial charge in [-0.1, -0.05) is 90.9 Å². The Morgan fingerprint density at radius 2 is 0.955 bits per heavy atom. The van der Waals surface area contributed by atoms with Gasteiger partial charge in [0, 0.05) is 0 Å². The van der Waals surface area contributed by atoms with E-state index in [1.807, 2.05) is 0 Å². The van der Waals surface area contributed by atoms with Crippen LogP contribution in [0, 0.1) is 22.7 Å². The molecule has 0 unspecified atom stereocenters. The van der Waals surface area contributed by atoms with Crippen molar-refractivity contribution in [3.05, 3.63) is 0 Å². The van der Waals surface area contributed by atoms with E-state index in [-0.39, 0.29) is 0 Å². The van der Waals surface area contributed by atoms with Crippen LogP contribution in [-0.4, -0.2) is 0 Å². The second kappa shape index (κ2) is 7.27. The fourth-order valence-corrected chi connectivity index (χ4v) is 6.62. The molecule has 0 amide bonds. The molecule has 0 heteroatoms. The molecular formula is C22H40. The minimum atomic E-state index is 0.757. The summed E-state index contributed by atoms with van der Waals surface area (Å²) in [5, 5.41) is 0. The van der Waals surface area contributed by atoms with Gasteiger partial charge in [-0.3, -0.25) is 0 Å². The Morgan fingerprint density at radius 3 is 1.27 bits per heavy atom. The van der Waals surface area contributed by atoms with Gasteiger partial charge in [0.2, 0.25) is 0 Å². The van der Waals surface area contributed by atoms with Gasteiger partial charge >= 0.3 is 0 Å². The Balaban J connectivity index is 1.54. The zero-order chi connectivity index (χ0) is 15.5. The average molecular weight is 305 g/mol. The van der Waals surface area contributed by atoms with Gasteiger partial charge in [-0.15, -0.1) is 0 Å². The van der Waals surface area contributed by atoms with Crippen molar-refractivity contribution in [3.63, 3.8) is 0 Å². The summed E-state index contributed by atoms with van der Waals surface area (Å²) in [4.78, 5) is 0. The Labute approximate surface area is 139 Å². The van der Waals surface area contributed by atoms with Gasteiger partial charge in [0.15, 0.2) is 0 Å². The molecule has 22 heavy (non-hydrogen) atoms. The van der Waals surface area contributed by atoms with Crippen molar-refractivity contribution in [1.29, 1.82) is 0 Å². The molecule has 3 saturated carbocycles. The van der Waals surface area contributed by atoms with E-state index in [1.54, 1.807) is 51.4 Å². The summed E-state index contributed by atoms with van der Waals surface area (Å²) in [5.41, 5.74) is 1.51. The summed E-state index contributed by atoms with van der Waals surface area (Å²) < 4.78 is 0. The maximum absolute atomic E-state index is 2.49. The molecule has 0 atom stereocenters. The number of hydrogen-bond donors (Lipinski definition) is 0. The Morgan fingerprint density at radius 1 is 0.591 bits per heavy atom. The maximum atomic E-state index is 2.49. The van der Waals surface area contributed by atoms with Crippen LogP contribution in [-0.2, 0) is 0 Å². The van der Waals surface area contributed by atoms with Crippen LogP contribution in [0.1, 0.15) is 117 Å². The third kappa shape index (κ3) is 3.73. The molecule has 0 aromatic rings. The molecule has 0 bridgehead atoms. The van der Waals surface area contributed by atoms with E-state index >= 15 is 0 Å². The van der Waals surface area contributed by atoms with Gasteiger partial charge < -0.3 is 0 Å². The zero-order valence-electron chi connectivity index (χ0n) is 15.5. The lowest BCUT2D eigenvalue weighted by atomic mass is 9.46. The van der Waals surface area contributed by atoms with Gasteiger partial charge in [0.1, 0.15) is 0 Å². The largest absolute Gasteiger partial charge is 0.0649 e. The molecule has 3 fully saturated rings. The molecule has 0 aromatic heterocycles. The molecular weight excluding hydrogens is 264 g/mol. The van der Waals surface area contributed by atoms with Gasteiger partial charge in [-0.25, -0.2) is 0 Å². The van der Waals surface area contributed by atoms with Crippen LogP contribution in [0.2, 0.25) is 0 Å². The standard InChI is InChI=1S/C22H40/c1-3-21(15-19-11-7-5-8-12-19)17-22(4-2,18-21)16-20-13-9-6-10-14-20/h19-20H,3-18H2,1-2H3. The van der Waals surface area contributed by atoms with Crippen molar-refractivity contribution < 1.29 is 0 Å². The number of hydrogen-bond acceptors (Lipinski definition) is 0. The first-order chi connectivity index (χ1) is 10.7. The van der Waals surface area contributed by atoms with E-state index in [1.165, 1.54) is 51.4 Å². The fourth-order valence-electron chi connectivity index (χ4n) is 6.62. The molecule has 0 saturated heterocycles. The number of rotatable bonds is 6. The second-order valence-electron chi connectivity index (χ2n) is 9.48. The molecule has 128 valence electrons. The highest BCUT2D eigenvalue weighted by Crippen LogP contribution is 2.64. The highest BCUT2D eigenvalue weighted by molar-refractivity contribution is 5.03. The molecule has 3 aliphatic carbocycles. The third-order valence-corrected chi connectivity index (χ3v) is 7.89. The van der Waals surface area contributed by atoms with Crippen molar-refractivity contribution in [2.75, 3.05) is 0 Å². The van der Waals surface area contributed by atoms with E-state index in [4.69, 9.17) is 0 Å². The SMILES string of the molecule is CCC1(CC2CCCCC2)CC(CC)(CC2CCCCC2)C1. The lowest BCUT2D eigenvalue weighted by molar-refractivity contribution is -0.0824. The topological polar surface area (TPSA) is 0 Å². The average Bonchev–Trinajstić information content (AvgIpc) is 2.54. The van der Waals surface area contributed by atoms with E-state index in [9.17, 15) is 0 Å². The third-order valence-electron chi connectivity index (χ3n) is 7.89. The first kappa shape index (κ1) is 16.8. The summed E-state index contributed by atoms with van der Waals surface area (Å²) in [7, 11) is 0. The molecule has 3 rings (SSSR count). The monoisotopic (exact) mass is 304 g/mol. The summed E-state index contributed by atoms with van der Waals surface area (Å²) in [5.74, 6) is 2.16. The molecule has 0 radical (unpaired) electrons. The van der Waals surface area contributed by atoms with Crippen LogP contribution < -0.4 is 0 Å². The predicted molar refractivity (Wildman–Crippen MR) is 97.1 cm³/mol. The Kier molecular flexibility index (Phi) is 5.56. The zero-order valence-corrected chi connectivity index (χ0v) is 15.5. The van der Waals surface area contributed by atoms with Crippen LogP contribution in [0.3, 0.4) is 0 Å². The van der Waals surface area contributed by atoms with Crippen molar-refractivity contribution in [3.8, 4) is 0 Å². The van der Waals surface area contributed by atoms with Crippen LogP contribution in [0.4, 0.5) is 0 Å². The van der Waals surface area contributed by atoms with Crippen molar-refractivity contribution in [1.82, 2.24) is 0 Å². The summed E-state index contributed by atoms with van der Waals surface area (Å²) in [6.07, 6.45) is 24.5. The normalized spacial score (nSPS) is 37.9. The fraction of sp³-hybridized carbons (Fsp3) is 1.00. The highest BCUT2D eigenvalue weighted by atomic mass is 14.6. The molecule has 3 aliphatic rings. The predicted octanol–water partition coefficient (Wildman–Crippen LogP) is 7.51. The van der Waals surface area contributed by atoms with Crippen LogP contribution >= 0.6 is 0 Å². The van der Waals surface area contributed by atoms with E-state index in [0.29, 0.717) is 0 Å². The Hall–Kier alpha value is 0. The smallest absolute Gasteiger partial charge is 0.0287 e. The molecule has 0 N–H and O–H groups in total. The van der Waals surface area contributed by atoms with E-state index in [0.717, 1.165) is 22.7 Å². The molecule has 0 aromatic carbocycles. The summed E-state index contributed by atoms with van der Waals surface area (Å²) in [6, 6.07) is 0. The lowest BCUT2D eigenvalue weighted by Gasteiger charge is -2.59. The highest BCUT2D eigenvalue weighted by Gasteiger charge is 2.53. The van der Waals surface area contributed by atoms with Crippen molar-refractivity contribution in [2.45, 2.75) is 117 Å². The van der Waals surface area contributed by atoms with Crippen LogP contribution in [0.5, 0.6) is 0 Å². The Bertz CT molecular complexity index is 292. The first-order valence-corrected chi connectivity index (χ1v) is 10.7. The van der Waals surface area contributed by atoms with Crippen molar-refractivity contribution >= 4 is 0 Å². The lowest BCUT2D eigenvalue weighted by Crippen LogP contribution is -2.48. The molecule has 0 aliphatic heterocycles. The van der Waals surface area contributed by atoms with Gasteiger partial charge in [-0.2, -0.15) is 0 Å². The van der Waals surface area contributed by atoms with Gasteiger partial charge in [-0.05, 0) is 48.3 Å². The minimum absolute atomic E-state index is 0.757. The van der Waals surface area contributed by atoms with Crippen molar-refractivity contribution in [2.24, 2.45) is 22.7 Å². The molecule has 0 spiro atoms. The van der Waals surface area contributed by atoms with Crippen LogP contribution in [0.15, 0.2) is 0 Å². The van der Waals surface area contributed by atoms with E-state index < -0.39 is 0 Å². The minimum Gasteiger partial charge on any atom is -0.0649 e. The summed E-state index contributed by atoms with van der Waals surface area (Å²) >= 11 is 0. The van der Waals surface area contributed by atoms with E-state index in [2.05, 4.69) is 13.8 Å². The quantitative estimate of drug-likeness (QED) is 0.476. The van der Waals surface area contributed by atoms with Gasteiger partial charge in [0.05, 0.1) is 0 Å². The summed E-state index contributed by atoms with van der Waals surface area (Å²) in [6.45, 7) is 4.98. The molecule has 0 heterocycles. The second-order valence-corrected chi connectivity index (χ2v) is 9.48. The van der Waals surface area contributed by atoms with Gasteiger partial charge in [0.25, 0.3) is 0 Å². The molecule has 0 nitrogen and oxygen atoms in total. The maximum Gasteiger partial charge on any atom is -0.0287 e. The van der Waals surface area contributed by atoms with Crippen LogP contribution in [0.25, 0.3) is 0 Å². The first-order valence-electron chi connectivity index (χ1n) is 10.7.